The summed E-state index contributed by atoms with van der Waals surface area (Å²) in [6.07, 6.45) is -0.302. The van der Waals surface area contributed by atoms with Crippen molar-refractivity contribution in [2.24, 2.45) is 10.9 Å². The summed E-state index contributed by atoms with van der Waals surface area (Å²) in [5.41, 5.74) is -0.473. The van der Waals surface area contributed by atoms with Gasteiger partial charge in [-0.3, -0.25) is 4.99 Å². The summed E-state index contributed by atoms with van der Waals surface area (Å²) >= 11 is 0. The molecule has 0 aromatic carbocycles. The minimum Gasteiger partial charge on any atom is -0.444 e. The molecule has 8 heteroatoms. The molecule has 0 heterocycles. The average Bonchev–Trinajstić information content (AvgIpc) is 2.44. The Labute approximate surface area is 164 Å². The fourth-order valence-corrected chi connectivity index (χ4v) is 1.82. The monoisotopic (exact) mass is 458 g/mol. The summed E-state index contributed by atoms with van der Waals surface area (Å²) in [7, 11) is 3.48. The highest BCUT2D eigenvalue weighted by atomic mass is 127. The van der Waals surface area contributed by atoms with Crippen LogP contribution in [0.2, 0.25) is 0 Å². The van der Waals surface area contributed by atoms with Gasteiger partial charge < -0.3 is 25.0 Å². The van der Waals surface area contributed by atoms with Gasteiger partial charge in [-0.05, 0) is 33.6 Å². The van der Waals surface area contributed by atoms with Crippen molar-refractivity contribution in [2.75, 3.05) is 46.9 Å². The zero-order chi connectivity index (χ0) is 17.9. The third-order valence-corrected chi connectivity index (χ3v) is 2.88. The van der Waals surface area contributed by atoms with E-state index in [9.17, 15) is 4.79 Å². The molecule has 0 aromatic heterocycles. The molecule has 0 aliphatic heterocycles. The molecule has 0 fully saturated rings. The van der Waals surface area contributed by atoms with Gasteiger partial charge in [0.2, 0.25) is 0 Å². The highest BCUT2D eigenvalue weighted by molar-refractivity contribution is 14.0. The largest absolute Gasteiger partial charge is 0.444 e. The maximum absolute atomic E-state index is 11.9. The number of halogens is 1. The topological polar surface area (TPSA) is 75.2 Å². The normalized spacial score (nSPS) is 12.9. The van der Waals surface area contributed by atoms with Crippen molar-refractivity contribution in [3.8, 4) is 0 Å². The van der Waals surface area contributed by atoms with Gasteiger partial charge in [0.05, 0.1) is 6.61 Å². The summed E-state index contributed by atoms with van der Waals surface area (Å²) < 4.78 is 10.6. The van der Waals surface area contributed by atoms with Crippen LogP contribution in [0, 0.1) is 5.92 Å². The average molecular weight is 458 g/mol. The summed E-state index contributed by atoms with van der Waals surface area (Å²) in [5, 5.41) is 6.42. The van der Waals surface area contributed by atoms with Crippen LogP contribution in [0.3, 0.4) is 0 Å². The first-order valence-corrected chi connectivity index (χ1v) is 8.16. The van der Waals surface area contributed by atoms with Crippen LogP contribution in [0.4, 0.5) is 4.79 Å². The van der Waals surface area contributed by atoms with Crippen LogP contribution in [-0.2, 0) is 9.47 Å². The van der Waals surface area contributed by atoms with Gasteiger partial charge in [-0.25, -0.2) is 4.79 Å². The van der Waals surface area contributed by atoms with E-state index in [2.05, 4.69) is 22.5 Å². The van der Waals surface area contributed by atoms with E-state index in [0.29, 0.717) is 32.8 Å². The van der Waals surface area contributed by atoms with E-state index >= 15 is 0 Å². The van der Waals surface area contributed by atoms with Crippen LogP contribution in [0.25, 0.3) is 0 Å². The molecule has 0 aliphatic rings. The molecule has 0 aromatic rings. The lowest BCUT2D eigenvalue weighted by Gasteiger charge is -2.26. The number of nitrogens with zero attached hydrogens (tertiary/aromatic N) is 2. The fraction of sp³-hybridized carbons (Fsp3) is 0.875. The van der Waals surface area contributed by atoms with Crippen LogP contribution in [-0.4, -0.2) is 69.5 Å². The van der Waals surface area contributed by atoms with Crippen LogP contribution in [0.1, 0.15) is 34.6 Å². The van der Waals surface area contributed by atoms with E-state index in [1.807, 2.05) is 27.7 Å². The van der Waals surface area contributed by atoms with Gasteiger partial charge in [0.1, 0.15) is 5.60 Å². The number of hydrogen-bond donors (Lipinski definition) is 2. The van der Waals surface area contributed by atoms with Crippen molar-refractivity contribution in [3.05, 3.63) is 0 Å². The van der Waals surface area contributed by atoms with Crippen LogP contribution < -0.4 is 10.6 Å². The Hall–Kier alpha value is -0.770. The van der Waals surface area contributed by atoms with E-state index in [1.54, 1.807) is 19.0 Å². The van der Waals surface area contributed by atoms with E-state index in [-0.39, 0.29) is 36.0 Å². The van der Waals surface area contributed by atoms with Gasteiger partial charge in [-0.2, -0.15) is 0 Å². The van der Waals surface area contributed by atoms with Gasteiger partial charge in [-0.15, -0.1) is 24.0 Å². The van der Waals surface area contributed by atoms with Crippen molar-refractivity contribution in [1.29, 1.82) is 0 Å². The predicted octanol–water partition coefficient (Wildman–Crippen LogP) is 2.31. The van der Waals surface area contributed by atoms with Crippen LogP contribution in [0.15, 0.2) is 4.99 Å². The first-order chi connectivity index (χ1) is 10.7. The zero-order valence-corrected chi connectivity index (χ0v) is 18.5. The van der Waals surface area contributed by atoms with Crippen molar-refractivity contribution >= 4 is 36.0 Å². The molecule has 1 unspecified atom stereocenters. The predicted molar refractivity (Wildman–Crippen MR) is 109 cm³/mol. The van der Waals surface area contributed by atoms with Gasteiger partial charge >= 0.3 is 6.09 Å². The first kappa shape index (κ1) is 25.5. The molecule has 0 bridgehead atoms. The van der Waals surface area contributed by atoms with Crippen molar-refractivity contribution < 1.29 is 14.3 Å². The number of rotatable bonds is 8. The second-order valence-electron chi connectivity index (χ2n) is 6.54. The molecule has 24 heavy (non-hydrogen) atoms. The summed E-state index contributed by atoms with van der Waals surface area (Å²) in [5.74, 6) is 0.995. The molecule has 0 radical (unpaired) electrons. The Bertz CT molecular complexity index is 373. The molecule has 0 aliphatic carbocycles. The summed E-state index contributed by atoms with van der Waals surface area (Å²) in [4.78, 5) is 17.7. The van der Waals surface area contributed by atoms with Gasteiger partial charge in [0.25, 0.3) is 0 Å². The Morgan fingerprint density at radius 1 is 1.29 bits per heavy atom. The molecule has 144 valence electrons. The molecule has 1 atom stereocenters. The van der Waals surface area contributed by atoms with E-state index in [0.717, 1.165) is 5.96 Å². The van der Waals surface area contributed by atoms with Crippen LogP contribution in [0.5, 0.6) is 0 Å². The number of hydrogen-bond acceptors (Lipinski definition) is 4. The molecule has 0 rings (SSSR count). The third-order valence-electron chi connectivity index (χ3n) is 2.88. The van der Waals surface area contributed by atoms with Gasteiger partial charge in [0.15, 0.2) is 5.96 Å². The fourth-order valence-electron chi connectivity index (χ4n) is 1.82. The minimum absolute atomic E-state index is 0. The second kappa shape index (κ2) is 13.5. The van der Waals surface area contributed by atoms with E-state index in [4.69, 9.17) is 9.47 Å². The smallest absolute Gasteiger partial charge is 0.410 e. The number of carbonyl (C=O) groups is 1. The van der Waals surface area contributed by atoms with Crippen molar-refractivity contribution in [1.82, 2.24) is 15.5 Å². The Balaban J connectivity index is 0. The standard InChI is InChI=1S/C16H34N4O3.HI/c1-8-22-10-9-18-14(17-6)19-11-13(2)12-20(7)15(21)23-16(3,4)5;/h13H,8-12H2,1-7H3,(H2,17,18,19);1H. The Morgan fingerprint density at radius 2 is 1.92 bits per heavy atom. The molecule has 7 nitrogen and oxygen atoms in total. The van der Waals surface area contributed by atoms with Gasteiger partial charge in [0, 0.05) is 40.3 Å². The van der Waals surface area contributed by atoms with E-state index < -0.39 is 5.60 Å². The second-order valence-corrected chi connectivity index (χ2v) is 6.54. The summed E-state index contributed by atoms with van der Waals surface area (Å²) in [6.45, 7) is 13.0. The Kier molecular flexibility index (Phi) is 14.3. The van der Waals surface area contributed by atoms with Crippen molar-refractivity contribution in [3.63, 3.8) is 0 Å². The molecule has 2 N–H and O–H groups in total. The van der Waals surface area contributed by atoms with Crippen LogP contribution >= 0.6 is 24.0 Å². The Morgan fingerprint density at radius 3 is 2.42 bits per heavy atom. The molecular weight excluding hydrogens is 423 g/mol. The SMILES string of the molecule is CCOCCNC(=NC)NCC(C)CN(C)C(=O)OC(C)(C)C.I. The first-order valence-electron chi connectivity index (χ1n) is 8.16. The number of ether oxygens (including phenoxy) is 2. The molecule has 0 spiro atoms. The summed E-state index contributed by atoms with van der Waals surface area (Å²) in [6, 6.07) is 0. The third kappa shape index (κ3) is 13.6. The lowest BCUT2D eigenvalue weighted by molar-refractivity contribution is 0.0278. The minimum atomic E-state index is -0.473. The molecular formula is C16H35IN4O3. The maximum Gasteiger partial charge on any atom is 0.410 e. The van der Waals surface area contributed by atoms with Gasteiger partial charge in [-0.1, -0.05) is 6.92 Å². The highest BCUT2D eigenvalue weighted by Gasteiger charge is 2.20. The molecule has 1 amide bonds. The lowest BCUT2D eigenvalue weighted by atomic mass is 10.1. The quantitative estimate of drug-likeness (QED) is 0.253. The zero-order valence-electron chi connectivity index (χ0n) is 16.1. The maximum atomic E-state index is 11.9. The van der Waals surface area contributed by atoms with E-state index in [1.165, 1.54) is 0 Å². The highest BCUT2D eigenvalue weighted by Crippen LogP contribution is 2.10. The van der Waals surface area contributed by atoms with Crippen molar-refractivity contribution in [2.45, 2.75) is 40.2 Å². The number of nitrogens with one attached hydrogen (secondary N) is 2. The number of guanidine groups is 1. The number of aliphatic imine (C=N–C) groups is 1. The number of amides is 1. The lowest BCUT2D eigenvalue weighted by Crippen LogP contribution is -2.43. The molecule has 0 saturated carbocycles. The number of carbonyl (C=O) groups excluding carboxylic acids is 1. The molecule has 0 saturated heterocycles.